The summed E-state index contributed by atoms with van der Waals surface area (Å²) in [6.45, 7) is 2.87. The Kier molecular flexibility index (Phi) is 1.64. The highest BCUT2D eigenvalue weighted by molar-refractivity contribution is 6.31. The summed E-state index contributed by atoms with van der Waals surface area (Å²) in [5.41, 5.74) is 0. The van der Waals surface area contributed by atoms with Crippen molar-refractivity contribution in [1.29, 1.82) is 0 Å². The molecule has 48 valence electrons. The van der Waals surface area contributed by atoms with Crippen molar-refractivity contribution in [3.05, 3.63) is 0 Å². The SMILES string of the molecule is CCN1[SiH2]N(C)C1F. The topological polar surface area (TPSA) is 6.48 Å². The first-order valence-electron chi connectivity index (χ1n) is 2.84. The van der Waals surface area contributed by atoms with Crippen molar-refractivity contribution in [3.8, 4) is 0 Å². The minimum Gasteiger partial charge on any atom is -0.278 e. The van der Waals surface area contributed by atoms with Gasteiger partial charge < -0.3 is 0 Å². The van der Waals surface area contributed by atoms with E-state index in [0.29, 0.717) is 0 Å². The normalized spacial score (nSPS) is 35.6. The molecule has 0 spiro atoms. The quantitative estimate of drug-likeness (QED) is 0.352. The van der Waals surface area contributed by atoms with E-state index in [1.807, 2.05) is 18.5 Å². The fourth-order valence-electron chi connectivity index (χ4n) is 0.854. The van der Waals surface area contributed by atoms with E-state index < -0.39 is 6.42 Å². The molecule has 2 nitrogen and oxygen atoms in total. The lowest BCUT2D eigenvalue weighted by Crippen LogP contribution is -2.62. The molecule has 1 aliphatic heterocycles. The zero-order chi connectivity index (χ0) is 6.15. The maximum atomic E-state index is 12.5. The number of hydrogen-bond acceptors (Lipinski definition) is 2. The third kappa shape index (κ3) is 0.787. The van der Waals surface area contributed by atoms with Crippen LogP contribution in [0, 0.1) is 0 Å². The van der Waals surface area contributed by atoms with Crippen LogP contribution in [0.2, 0.25) is 0 Å². The summed E-state index contributed by atoms with van der Waals surface area (Å²) in [6, 6.07) is 0. The van der Waals surface area contributed by atoms with E-state index in [0.717, 1.165) is 6.54 Å². The highest BCUT2D eigenvalue weighted by Gasteiger charge is 2.31. The summed E-state index contributed by atoms with van der Waals surface area (Å²) in [7, 11) is 1.52. The number of halogens is 1. The monoisotopic (exact) mass is 134 g/mol. The fraction of sp³-hybridized carbons (Fsp3) is 1.00. The molecule has 8 heavy (non-hydrogen) atoms. The molecular formula is C4H11FN2Si. The second-order valence-electron chi connectivity index (χ2n) is 2.11. The first-order chi connectivity index (χ1) is 3.75. The standard InChI is InChI=1S/C4H11FN2Si/c1-3-7-4(5)6(2)8-7/h4H,3,8H2,1-2H3. The summed E-state index contributed by atoms with van der Waals surface area (Å²) in [5, 5.41) is 0. The van der Waals surface area contributed by atoms with Gasteiger partial charge >= 0.3 is 0 Å². The van der Waals surface area contributed by atoms with E-state index in [1.165, 1.54) is 0 Å². The molecule has 1 atom stereocenters. The predicted molar refractivity (Wildman–Crippen MR) is 33.6 cm³/mol. The molecule has 0 amide bonds. The van der Waals surface area contributed by atoms with Gasteiger partial charge in [-0.1, -0.05) is 6.92 Å². The van der Waals surface area contributed by atoms with Crippen molar-refractivity contribution in [3.63, 3.8) is 0 Å². The van der Waals surface area contributed by atoms with Crippen LogP contribution in [0.15, 0.2) is 0 Å². The Morgan fingerprint density at radius 1 is 1.75 bits per heavy atom. The van der Waals surface area contributed by atoms with Crippen LogP contribution in [0.25, 0.3) is 0 Å². The Balaban J connectivity index is 2.25. The lowest BCUT2D eigenvalue weighted by atomic mass is 10.7. The van der Waals surface area contributed by atoms with Crippen molar-refractivity contribution in [2.75, 3.05) is 13.6 Å². The van der Waals surface area contributed by atoms with Crippen LogP contribution < -0.4 is 0 Å². The van der Waals surface area contributed by atoms with Gasteiger partial charge in [0.2, 0.25) is 0 Å². The third-order valence-corrected chi connectivity index (χ3v) is 3.34. The van der Waals surface area contributed by atoms with Crippen molar-refractivity contribution in [1.82, 2.24) is 9.13 Å². The number of nitrogens with zero attached hydrogens (tertiary/aromatic N) is 2. The molecule has 1 rings (SSSR count). The Morgan fingerprint density at radius 2 is 2.38 bits per heavy atom. The van der Waals surface area contributed by atoms with E-state index in [-0.39, 0.29) is 9.84 Å². The van der Waals surface area contributed by atoms with Gasteiger partial charge in [0.1, 0.15) is 0 Å². The molecule has 0 N–H and O–H groups in total. The van der Waals surface area contributed by atoms with E-state index in [2.05, 4.69) is 0 Å². The Hall–Kier alpha value is 0.0669. The van der Waals surface area contributed by atoms with Gasteiger partial charge in [0.15, 0.2) is 16.3 Å². The summed E-state index contributed by atoms with van der Waals surface area (Å²) >= 11 is 0. The van der Waals surface area contributed by atoms with E-state index in [4.69, 9.17) is 0 Å². The van der Waals surface area contributed by atoms with Gasteiger partial charge in [-0.25, -0.2) is 4.39 Å². The fourth-order valence-corrected chi connectivity index (χ4v) is 2.10. The molecule has 4 heteroatoms. The summed E-state index contributed by atoms with van der Waals surface area (Å²) in [6.07, 6.45) is -0.758. The Morgan fingerprint density at radius 3 is 2.50 bits per heavy atom. The maximum Gasteiger partial charge on any atom is 0.199 e. The summed E-state index contributed by atoms with van der Waals surface area (Å²) in [4.78, 5) is 0. The van der Waals surface area contributed by atoms with Crippen LogP contribution in [-0.4, -0.2) is 39.0 Å². The Labute approximate surface area is 51.2 Å². The van der Waals surface area contributed by atoms with Crippen LogP contribution in [0.1, 0.15) is 6.92 Å². The zero-order valence-electron chi connectivity index (χ0n) is 5.26. The highest BCUT2D eigenvalue weighted by atomic mass is 28.2. The van der Waals surface area contributed by atoms with Crippen molar-refractivity contribution >= 4 is 9.84 Å². The van der Waals surface area contributed by atoms with E-state index in [1.54, 1.807) is 4.57 Å². The lowest BCUT2D eigenvalue weighted by molar-refractivity contribution is 0.00251. The van der Waals surface area contributed by atoms with Gasteiger partial charge in [-0.3, -0.25) is 9.13 Å². The number of hydrogen-bond donors (Lipinski definition) is 0. The molecule has 1 heterocycles. The Bertz CT molecular complexity index is 90.1. The highest BCUT2D eigenvalue weighted by Crippen LogP contribution is 2.13. The first kappa shape index (κ1) is 6.19. The second-order valence-corrected chi connectivity index (χ2v) is 4.21. The smallest absolute Gasteiger partial charge is 0.199 e. The first-order valence-corrected chi connectivity index (χ1v) is 4.10. The molecule has 0 aromatic heterocycles. The maximum absolute atomic E-state index is 12.5. The molecular weight excluding hydrogens is 123 g/mol. The minimum absolute atomic E-state index is 0.312. The average Bonchev–Trinajstić information content (AvgIpc) is 1.81. The van der Waals surface area contributed by atoms with Gasteiger partial charge in [0, 0.05) is 0 Å². The van der Waals surface area contributed by atoms with Gasteiger partial charge in [-0.2, -0.15) is 0 Å². The van der Waals surface area contributed by atoms with Gasteiger partial charge in [-0.15, -0.1) is 0 Å². The van der Waals surface area contributed by atoms with Crippen molar-refractivity contribution in [2.24, 2.45) is 0 Å². The van der Waals surface area contributed by atoms with Gasteiger partial charge in [-0.05, 0) is 13.6 Å². The molecule has 0 radical (unpaired) electrons. The number of alkyl halides is 1. The lowest BCUT2D eigenvalue weighted by Gasteiger charge is -2.42. The number of rotatable bonds is 1. The van der Waals surface area contributed by atoms with Gasteiger partial charge in [0.05, 0.1) is 0 Å². The zero-order valence-corrected chi connectivity index (χ0v) is 6.68. The summed E-state index contributed by atoms with van der Waals surface area (Å²) in [5.74, 6) is 0. The van der Waals surface area contributed by atoms with Gasteiger partial charge in [0.25, 0.3) is 0 Å². The van der Waals surface area contributed by atoms with E-state index in [9.17, 15) is 4.39 Å². The van der Waals surface area contributed by atoms with Crippen molar-refractivity contribution < 1.29 is 4.39 Å². The molecule has 0 aliphatic carbocycles. The largest absolute Gasteiger partial charge is 0.278 e. The minimum atomic E-state index is -0.758. The molecule has 0 saturated carbocycles. The average molecular weight is 134 g/mol. The molecule has 1 aliphatic rings. The van der Waals surface area contributed by atoms with E-state index >= 15 is 0 Å². The van der Waals surface area contributed by atoms with Crippen LogP contribution in [0.3, 0.4) is 0 Å². The van der Waals surface area contributed by atoms with Crippen LogP contribution in [0.5, 0.6) is 0 Å². The molecule has 1 fully saturated rings. The molecule has 1 unspecified atom stereocenters. The second kappa shape index (κ2) is 2.12. The molecule has 0 bridgehead atoms. The molecule has 1 saturated heterocycles. The predicted octanol–water partition coefficient (Wildman–Crippen LogP) is -0.494. The molecule has 0 aromatic rings. The molecule has 0 aromatic carbocycles. The van der Waals surface area contributed by atoms with Crippen LogP contribution in [0.4, 0.5) is 4.39 Å². The summed E-state index contributed by atoms with van der Waals surface area (Å²) < 4.78 is 16.1. The van der Waals surface area contributed by atoms with Crippen molar-refractivity contribution in [2.45, 2.75) is 13.3 Å². The third-order valence-electron chi connectivity index (χ3n) is 1.48. The van der Waals surface area contributed by atoms with Crippen LogP contribution >= 0.6 is 0 Å². The van der Waals surface area contributed by atoms with Crippen LogP contribution in [-0.2, 0) is 0 Å².